The second-order valence-electron chi connectivity index (χ2n) is 12.3. The van der Waals surface area contributed by atoms with Gasteiger partial charge in [0.25, 0.3) is 7.82 Å². The van der Waals surface area contributed by atoms with Crippen molar-refractivity contribution in [2.45, 2.75) is 68.7 Å². The number of rotatable bonds is 19. The Morgan fingerprint density at radius 2 is 1.93 bits per heavy atom. The number of nitriles is 1. The van der Waals surface area contributed by atoms with Crippen LogP contribution in [-0.4, -0.2) is 86.3 Å². The summed E-state index contributed by atoms with van der Waals surface area (Å²) in [5, 5.41) is 12.0. The molecule has 0 bridgehead atoms. The average Bonchev–Trinajstić information content (AvgIpc) is 3.64. The van der Waals surface area contributed by atoms with Crippen LogP contribution in [0.25, 0.3) is 6.08 Å². The van der Waals surface area contributed by atoms with E-state index < -0.39 is 54.5 Å². The van der Waals surface area contributed by atoms with Crippen LogP contribution < -0.4 is 34.5 Å². The summed E-state index contributed by atoms with van der Waals surface area (Å²) in [7, 11) is -5.15. The molecule has 0 spiro atoms. The number of halogens is 3. The molecule has 4 rings (SSSR count). The Morgan fingerprint density at radius 1 is 1.20 bits per heavy atom. The molecule has 1 saturated heterocycles. The summed E-state index contributed by atoms with van der Waals surface area (Å²) >= 11 is 1.28. The maximum absolute atomic E-state index is 15.7. The Balaban J connectivity index is 0.00000812. The van der Waals surface area contributed by atoms with Gasteiger partial charge in [-0.05, 0) is 56.8 Å². The molecule has 19 heteroatoms. The number of hydrogen-bond donors (Lipinski definition) is 1. The smallest absolute Gasteiger partial charge is 0.756 e. The van der Waals surface area contributed by atoms with Gasteiger partial charge in [-0.15, -0.1) is 11.8 Å². The van der Waals surface area contributed by atoms with Crippen molar-refractivity contribution < 1.29 is 80.6 Å². The van der Waals surface area contributed by atoms with Gasteiger partial charge in [-0.1, -0.05) is 38.1 Å². The number of likely N-dealkylation sites (N-methyl/N-ethyl adjacent to an activating group) is 1. The van der Waals surface area contributed by atoms with E-state index in [0.29, 0.717) is 24.7 Å². The first kappa shape index (κ1) is 46.5. The molecule has 4 atom stereocenters. The minimum atomic E-state index is -5.15. The zero-order chi connectivity index (χ0) is 39.3. The van der Waals surface area contributed by atoms with Crippen LogP contribution in [0, 0.1) is 28.8 Å². The Kier molecular flexibility index (Phi) is 18.8. The SMILES string of the molecule is CCN(CC)CC(CCC(=O)O[C@@](Cn1cncn1)(c1ccc(F)cc1F)[C@@H](C)SC1COC(/C=C/C=C/c2ccc(C#N)cc2F)OC1)OP(=O)([O-])O.[Na+]. The van der Waals surface area contributed by atoms with Crippen LogP contribution in [0.15, 0.2) is 67.3 Å². The first-order valence-corrected chi connectivity index (χ1v) is 19.6. The van der Waals surface area contributed by atoms with Crippen LogP contribution in [0.1, 0.15) is 50.3 Å². The normalized spacial score (nSPS) is 19.3. The monoisotopic (exact) mass is 815 g/mol. The molecule has 2 aromatic carbocycles. The zero-order valence-electron chi connectivity index (χ0n) is 30.9. The number of phosphoric ester groups is 1. The second-order valence-corrected chi connectivity index (χ2v) is 15.1. The third-order valence-electron chi connectivity index (χ3n) is 8.59. The minimum absolute atomic E-state index is 0. The Morgan fingerprint density at radius 3 is 2.53 bits per heavy atom. The van der Waals surface area contributed by atoms with E-state index in [-0.39, 0.29) is 85.1 Å². The summed E-state index contributed by atoms with van der Waals surface area (Å²) in [5.41, 5.74) is -1.43. The molecule has 13 nitrogen and oxygen atoms in total. The molecule has 55 heavy (non-hydrogen) atoms. The molecule has 1 aromatic heterocycles. The molecule has 1 aliphatic rings. The standard InChI is InChI=1S/C36H43F3N5O8PS.Na/c1-4-43(5-2)19-29(52-53(46,47)48)13-15-34(45)51-36(22-44-24-41-23-42-44,31-14-12-28(37)17-33(31)39)25(3)54-30-20-49-35(50-21-30)9-7-6-8-27-11-10-26(18-40)16-32(27)38;/h6-12,14,16-17,23-25,29-30,35H,4-5,13,15,19-22H2,1-3H3,(H2,46,47,48);/q;+1/p-1/b8-6+,9-7+;/t25-,29?,30?,35?,36-;/m1./s1. The predicted octanol–water partition coefficient (Wildman–Crippen LogP) is 2.11. The van der Waals surface area contributed by atoms with Gasteiger partial charge < -0.3 is 33.4 Å². The maximum Gasteiger partial charge on any atom is 1.00 e. The largest absolute Gasteiger partial charge is 1.00 e. The van der Waals surface area contributed by atoms with Gasteiger partial charge in [0.1, 0.15) is 30.1 Å². The van der Waals surface area contributed by atoms with E-state index in [1.165, 1.54) is 53.4 Å². The number of allylic oxidation sites excluding steroid dienone is 2. The quantitative estimate of drug-likeness (QED) is 0.0809. The number of aromatic nitrogens is 3. The third kappa shape index (κ3) is 14.2. The van der Waals surface area contributed by atoms with Gasteiger partial charge >= 0.3 is 35.5 Å². The van der Waals surface area contributed by atoms with E-state index in [0.717, 1.165) is 12.1 Å². The summed E-state index contributed by atoms with van der Waals surface area (Å²) in [6, 6.07) is 8.97. The number of nitrogens with zero attached hydrogens (tertiary/aromatic N) is 5. The molecule has 0 aliphatic carbocycles. The van der Waals surface area contributed by atoms with Gasteiger partial charge in [0.2, 0.25) is 0 Å². The van der Waals surface area contributed by atoms with Gasteiger partial charge in [0.05, 0.1) is 42.7 Å². The predicted molar refractivity (Wildman–Crippen MR) is 192 cm³/mol. The van der Waals surface area contributed by atoms with Gasteiger partial charge in [-0.2, -0.15) is 10.4 Å². The van der Waals surface area contributed by atoms with E-state index in [9.17, 15) is 27.9 Å². The van der Waals surface area contributed by atoms with Gasteiger partial charge in [0, 0.05) is 35.4 Å². The summed E-state index contributed by atoms with van der Waals surface area (Å²) in [6.07, 6.45) is 6.66. The number of ether oxygens (including phenoxy) is 3. The van der Waals surface area contributed by atoms with Crippen molar-refractivity contribution >= 4 is 31.6 Å². The Bertz CT molecular complexity index is 1840. The molecular formula is C36H42F3N5NaO8PS. The molecule has 1 aliphatic heterocycles. The van der Waals surface area contributed by atoms with Crippen LogP contribution in [0.4, 0.5) is 13.2 Å². The number of esters is 1. The van der Waals surface area contributed by atoms with Crippen molar-refractivity contribution in [2.75, 3.05) is 32.8 Å². The molecule has 1 N–H and O–H groups in total. The van der Waals surface area contributed by atoms with Crippen molar-refractivity contribution in [1.29, 1.82) is 5.26 Å². The summed E-state index contributed by atoms with van der Waals surface area (Å²) < 4.78 is 79.9. The molecule has 2 heterocycles. The molecule has 3 aromatic rings. The number of thioether (sulfide) groups is 1. The van der Waals surface area contributed by atoms with Crippen LogP contribution >= 0.6 is 19.6 Å². The summed E-state index contributed by atoms with van der Waals surface area (Å²) in [4.78, 5) is 40.6. The fourth-order valence-corrected chi connectivity index (χ4v) is 7.70. The number of carbonyl (C=O) groups excluding carboxylic acids is 1. The fraction of sp³-hybridized carbons (Fsp3) is 0.444. The molecule has 0 radical (unpaired) electrons. The minimum Gasteiger partial charge on any atom is -0.756 e. The number of carbonyl (C=O) groups is 1. The van der Waals surface area contributed by atoms with Crippen molar-refractivity contribution in [3.63, 3.8) is 0 Å². The maximum atomic E-state index is 15.7. The van der Waals surface area contributed by atoms with E-state index >= 15 is 4.39 Å². The van der Waals surface area contributed by atoms with Crippen LogP contribution in [-0.2, 0) is 40.2 Å². The molecule has 2 unspecified atom stereocenters. The van der Waals surface area contributed by atoms with E-state index in [2.05, 4.69) is 10.1 Å². The first-order chi connectivity index (χ1) is 25.7. The van der Waals surface area contributed by atoms with Gasteiger partial charge in [0.15, 0.2) is 11.9 Å². The molecule has 292 valence electrons. The van der Waals surface area contributed by atoms with Crippen molar-refractivity contribution in [1.82, 2.24) is 19.7 Å². The molecule has 1 fully saturated rings. The number of benzene rings is 2. The zero-order valence-corrected chi connectivity index (χ0v) is 34.6. The van der Waals surface area contributed by atoms with Gasteiger partial charge in [-0.3, -0.25) is 9.36 Å². The first-order valence-electron chi connectivity index (χ1n) is 17.1. The molecule has 0 amide bonds. The Hall–Kier alpha value is -2.85. The molecular weight excluding hydrogens is 773 g/mol. The number of phosphoric acid groups is 1. The van der Waals surface area contributed by atoms with Crippen LogP contribution in [0.5, 0.6) is 0 Å². The van der Waals surface area contributed by atoms with Crippen LogP contribution in [0.2, 0.25) is 0 Å². The topological polar surface area (TPSA) is 172 Å². The van der Waals surface area contributed by atoms with E-state index in [1.807, 2.05) is 24.8 Å². The van der Waals surface area contributed by atoms with Crippen molar-refractivity contribution in [3.8, 4) is 6.07 Å². The fourth-order valence-electron chi connectivity index (χ4n) is 5.79. The van der Waals surface area contributed by atoms with Crippen molar-refractivity contribution in [3.05, 3.63) is 101 Å². The second kappa shape index (κ2) is 22.2. The number of hydrogen-bond acceptors (Lipinski definition) is 12. The van der Waals surface area contributed by atoms with E-state index in [1.54, 1.807) is 25.2 Å². The van der Waals surface area contributed by atoms with Gasteiger partial charge in [-0.25, -0.2) is 22.8 Å². The Labute approximate surface area is 344 Å². The molecule has 0 saturated carbocycles. The van der Waals surface area contributed by atoms with Crippen molar-refractivity contribution in [2.24, 2.45) is 0 Å². The van der Waals surface area contributed by atoms with Crippen LogP contribution in [0.3, 0.4) is 0 Å². The average molecular weight is 816 g/mol. The van der Waals surface area contributed by atoms with E-state index in [4.69, 9.17) is 24.0 Å². The summed E-state index contributed by atoms with van der Waals surface area (Å²) in [6.45, 7) is 6.77. The summed E-state index contributed by atoms with van der Waals surface area (Å²) in [5.74, 6) is -3.19. The third-order valence-corrected chi connectivity index (χ3v) is 10.6.